The van der Waals surface area contributed by atoms with E-state index in [2.05, 4.69) is 23.9 Å². The number of hydrogen-bond acceptors (Lipinski definition) is 4. The highest BCUT2D eigenvalue weighted by atomic mass is 16.5. The van der Waals surface area contributed by atoms with Gasteiger partial charge in [0, 0.05) is 31.2 Å². The number of carbonyl (C=O) groups is 2. The van der Waals surface area contributed by atoms with Gasteiger partial charge in [-0.05, 0) is 32.1 Å². The molecule has 1 N–H and O–H groups in total. The molecule has 0 radical (unpaired) electrons. The van der Waals surface area contributed by atoms with Gasteiger partial charge < -0.3 is 10.1 Å². The maximum absolute atomic E-state index is 12.1. The molecule has 0 rings (SSSR count). The Kier molecular flexibility index (Phi) is 17.5. The van der Waals surface area contributed by atoms with Gasteiger partial charge in [-0.2, -0.15) is 0 Å². The molecule has 0 saturated carbocycles. The van der Waals surface area contributed by atoms with Crippen LogP contribution in [-0.2, 0) is 14.3 Å². The molecular weight excluding hydrogens is 326 g/mol. The summed E-state index contributed by atoms with van der Waals surface area (Å²) in [5, 5.41) is 3.42. The third-order valence-electron chi connectivity index (χ3n) is 4.52. The van der Waals surface area contributed by atoms with Gasteiger partial charge in [-0.25, -0.2) is 0 Å². The molecule has 0 bridgehead atoms. The molecule has 152 valence electrons. The molecule has 0 spiro atoms. The first kappa shape index (κ1) is 24.7. The molecule has 0 atom stereocenters. The van der Waals surface area contributed by atoms with E-state index >= 15 is 0 Å². The molecule has 0 heterocycles. The first-order chi connectivity index (χ1) is 12.6. The van der Waals surface area contributed by atoms with Gasteiger partial charge >= 0.3 is 5.97 Å². The molecule has 0 saturated heterocycles. The highest BCUT2D eigenvalue weighted by molar-refractivity contribution is 5.90. The molecule has 26 heavy (non-hydrogen) atoms. The summed E-state index contributed by atoms with van der Waals surface area (Å²) in [6, 6.07) is 0. The van der Waals surface area contributed by atoms with Gasteiger partial charge in [0.1, 0.15) is 0 Å². The van der Waals surface area contributed by atoms with Crippen molar-refractivity contribution >= 4 is 11.8 Å². The number of carbonyl (C=O) groups excluding carboxylic acids is 2. The summed E-state index contributed by atoms with van der Waals surface area (Å²) in [5.74, 6) is 0.156. The zero-order valence-electron chi connectivity index (χ0n) is 17.4. The Labute approximate surface area is 161 Å². The molecular formula is C22H41NO3. The summed E-state index contributed by atoms with van der Waals surface area (Å²) in [6.45, 7) is 5.27. The van der Waals surface area contributed by atoms with Crippen molar-refractivity contribution in [3.8, 4) is 0 Å². The van der Waals surface area contributed by atoms with Crippen LogP contribution in [0.25, 0.3) is 0 Å². The van der Waals surface area contributed by atoms with E-state index in [1.54, 1.807) is 0 Å². The topological polar surface area (TPSA) is 55.4 Å². The van der Waals surface area contributed by atoms with E-state index < -0.39 is 0 Å². The first-order valence-corrected chi connectivity index (χ1v) is 10.7. The lowest BCUT2D eigenvalue weighted by Gasteiger charge is -2.10. The van der Waals surface area contributed by atoms with Crippen molar-refractivity contribution in [2.75, 3.05) is 13.7 Å². The van der Waals surface area contributed by atoms with Crippen molar-refractivity contribution in [1.82, 2.24) is 5.32 Å². The van der Waals surface area contributed by atoms with Crippen molar-refractivity contribution in [3.05, 3.63) is 11.8 Å². The van der Waals surface area contributed by atoms with Crippen LogP contribution in [0.3, 0.4) is 0 Å². The van der Waals surface area contributed by atoms with Crippen LogP contribution in [0.4, 0.5) is 0 Å². The van der Waals surface area contributed by atoms with Crippen LogP contribution in [-0.4, -0.2) is 25.4 Å². The third kappa shape index (κ3) is 16.2. The van der Waals surface area contributed by atoms with E-state index in [0.717, 1.165) is 63.6 Å². The lowest BCUT2D eigenvalue weighted by molar-refractivity contribution is -0.140. The van der Waals surface area contributed by atoms with E-state index in [1.807, 2.05) is 6.08 Å². The molecule has 0 fully saturated rings. The standard InChI is InChI=1S/C22H41NO3/c1-4-6-7-13-16-21(24)19-20(23-18-5-2)15-12-10-8-9-11-14-17-22(25)26-3/h19,23H,4-18H2,1-3H3/b20-19-. The van der Waals surface area contributed by atoms with Gasteiger partial charge in [-0.15, -0.1) is 0 Å². The maximum atomic E-state index is 12.1. The summed E-state index contributed by atoms with van der Waals surface area (Å²) in [4.78, 5) is 23.1. The fraction of sp³-hybridized carbons (Fsp3) is 0.818. The second-order valence-corrected chi connectivity index (χ2v) is 7.07. The predicted molar refractivity (Wildman–Crippen MR) is 109 cm³/mol. The molecule has 0 aromatic rings. The Morgan fingerprint density at radius 1 is 0.769 bits per heavy atom. The predicted octanol–water partition coefficient (Wildman–Crippen LogP) is 5.70. The number of nitrogens with one attached hydrogen (secondary N) is 1. The van der Waals surface area contributed by atoms with Crippen molar-refractivity contribution in [3.63, 3.8) is 0 Å². The van der Waals surface area contributed by atoms with E-state index in [0.29, 0.717) is 12.8 Å². The Hall–Kier alpha value is -1.32. The van der Waals surface area contributed by atoms with Crippen LogP contribution < -0.4 is 5.32 Å². The summed E-state index contributed by atoms with van der Waals surface area (Å²) in [7, 11) is 1.44. The molecule has 0 amide bonds. The number of allylic oxidation sites excluding steroid dienone is 2. The first-order valence-electron chi connectivity index (χ1n) is 10.7. The number of methoxy groups -OCH3 is 1. The number of unbranched alkanes of at least 4 members (excludes halogenated alkanes) is 8. The lowest BCUT2D eigenvalue weighted by atomic mass is 10.1. The van der Waals surface area contributed by atoms with Crippen LogP contribution in [0.2, 0.25) is 0 Å². The number of esters is 1. The number of rotatable bonds is 18. The molecule has 0 aromatic carbocycles. The lowest BCUT2D eigenvalue weighted by Crippen LogP contribution is -2.15. The zero-order valence-corrected chi connectivity index (χ0v) is 17.4. The Balaban J connectivity index is 3.93. The molecule has 0 aromatic heterocycles. The second kappa shape index (κ2) is 18.5. The van der Waals surface area contributed by atoms with Gasteiger partial charge in [0.15, 0.2) is 5.78 Å². The smallest absolute Gasteiger partial charge is 0.305 e. The van der Waals surface area contributed by atoms with E-state index in [1.165, 1.54) is 32.8 Å². The summed E-state index contributed by atoms with van der Waals surface area (Å²) < 4.78 is 4.64. The van der Waals surface area contributed by atoms with Gasteiger partial charge in [0.25, 0.3) is 0 Å². The average molecular weight is 368 g/mol. The Bertz CT molecular complexity index is 391. The monoisotopic (exact) mass is 367 g/mol. The summed E-state index contributed by atoms with van der Waals surface area (Å²) >= 11 is 0. The number of ether oxygens (including phenoxy) is 1. The van der Waals surface area contributed by atoms with Crippen molar-refractivity contribution in [1.29, 1.82) is 0 Å². The highest BCUT2D eigenvalue weighted by Gasteiger charge is 2.03. The van der Waals surface area contributed by atoms with Crippen molar-refractivity contribution in [2.24, 2.45) is 0 Å². The average Bonchev–Trinajstić information content (AvgIpc) is 2.64. The van der Waals surface area contributed by atoms with E-state index in [4.69, 9.17) is 0 Å². The Morgan fingerprint density at radius 2 is 1.35 bits per heavy atom. The van der Waals surface area contributed by atoms with Crippen LogP contribution in [0, 0.1) is 0 Å². The molecule has 0 unspecified atom stereocenters. The van der Waals surface area contributed by atoms with Crippen LogP contribution >= 0.6 is 0 Å². The van der Waals surface area contributed by atoms with Crippen molar-refractivity contribution < 1.29 is 14.3 Å². The molecule has 4 heteroatoms. The van der Waals surface area contributed by atoms with Gasteiger partial charge in [-0.3, -0.25) is 9.59 Å². The van der Waals surface area contributed by atoms with Gasteiger partial charge in [0.05, 0.1) is 7.11 Å². The minimum atomic E-state index is -0.110. The van der Waals surface area contributed by atoms with Gasteiger partial charge in [-0.1, -0.05) is 58.8 Å². The van der Waals surface area contributed by atoms with E-state index in [9.17, 15) is 9.59 Å². The minimum Gasteiger partial charge on any atom is -0.469 e. The van der Waals surface area contributed by atoms with Crippen LogP contribution in [0.5, 0.6) is 0 Å². The fourth-order valence-electron chi connectivity index (χ4n) is 2.88. The molecule has 0 aliphatic carbocycles. The number of hydrogen-bond donors (Lipinski definition) is 1. The van der Waals surface area contributed by atoms with Crippen LogP contribution in [0.1, 0.15) is 104 Å². The molecule has 0 aliphatic rings. The van der Waals surface area contributed by atoms with Crippen molar-refractivity contribution in [2.45, 2.75) is 104 Å². The maximum Gasteiger partial charge on any atom is 0.305 e. The minimum absolute atomic E-state index is 0.110. The molecule has 0 aliphatic heterocycles. The van der Waals surface area contributed by atoms with E-state index in [-0.39, 0.29) is 11.8 Å². The van der Waals surface area contributed by atoms with Crippen LogP contribution in [0.15, 0.2) is 11.8 Å². The Morgan fingerprint density at radius 3 is 1.96 bits per heavy atom. The quantitative estimate of drug-likeness (QED) is 0.192. The number of ketones is 1. The molecule has 4 nitrogen and oxygen atoms in total. The summed E-state index contributed by atoms with van der Waals surface area (Å²) in [5.41, 5.74) is 1.11. The zero-order chi connectivity index (χ0) is 19.5. The SMILES string of the molecule is CCCCCCC(=O)/C=C(/CCCCCCCCC(=O)OC)NCCC. The summed E-state index contributed by atoms with van der Waals surface area (Å²) in [6.07, 6.45) is 16.3. The second-order valence-electron chi connectivity index (χ2n) is 7.07. The largest absolute Gasteiger partial charge is 0.469 e. The van der Waals surface area contributed by atoms with Gasteiger partial charge in [0.2, 0.25) is 0 Å². The fourth-order valence-corrected chi connectivity index (χ4v) is 2.88. The third-order valence-corrected chi connectivity index (χ3v) is 4.52. The highest BCUT2D eigenvalue weighted by Crippen LogP contribution is 2.12. The normalized spacial score (nSPS) is 11.4.